The molecule has 0 spiro atoms. The number of phosphoric ester groups is 1. The normalized spacial score (nSPS) is 13.8. The summed E-state index contributed by atoms with van der Waals surface area (Å²) in [6.07, 6.45) is 60.5. The van der Waals surface area contributed by atoms with Gasteiger partial charge in [0.05, 0.1) is 39.9 Å². The third-order valence-corrected chi connectivity index (χ3v) is 15.1. The van der Waals surface area contributed by atoms with Crippen LogP contribution < -0.4 is 5.32 Å². The molecular formula is C58H120N2O6P+. The van der Waals surface area contributed by atoms with Gasteiger partial charge in [-0.2, -0.15) is 0 Å². The first kappa shape index (κ1) is 66.5. The van der Waals surface area contributed by atoms with E-state index in [0.29, 0.717) is 23.9 Å². The number of quaternary nitrogens is 1. The Morgan fingerprint density at radius 3 is 1.00 bits per heavy atom. The molecule has 0 aliphatic rings. The lowest BCUT2D eigenvalue weighted by molar-refractivity contribution is -0.870. The highest BCUT2D eigenvalue weighted by atomic mass is 31.2. The van der Waals surface area contributed by atoms with E-state index >= 15 is 0 Å². The molecule has 0 saturated carbocycles. The van der Waals surface area contributed by atoms with Gasteiger partial charge < -0.3 is 19.8 Å². The molecule has 8 nitrogen and oxygen atoms in total. The van der Waals surface area contributed by atoms with Crippen molar-refractivity contribution in [2.75, 3.05) is 40.9 Å². The molecule has 3 atom stereocenters. The van der Waals surface area contributed by atoms with Crippen molar-refractivity contribution in [1.82, 2.24) is 5.32 Å². The van der Waals surface area contributed by atoms with Crippen LogP contribution in [0, 0.1) is 0 Å². The summed E-state index contributed by atoms with van der Waals surface area (Å²) in [4.78, 5) is 23.3. The Hall–Kier alpha value is -0.500. The number of aliphatic hydroxyl groups is 1. The van der Waals surface area contributed by atoms with Crippen LogP contribution in [0.15, 0.2) is 0 Å². The van der Waals surface area contributed by atoms with Gasteiger partial charge in [-0.1, -0.05) is 296 Å². The molecule has 402 valence electrons. The first-order valence-electron chi connectivity index (χ1n) is 29.9. The van der Waals surface area contributed by atoms with E-state index in [1.807, 2.05) is 21.1 Å². The highest BCUT2D eigenvalue weighted by molar-refractivity contribution is 7.47. The lowest BCUT2D eigenvalue weighted by atomic mass is 10.0. The second-order valence-corrected chi connectivity index (χ2v) is 23.5. The molecule has 0 rings (SSSR count). The van der Waals surface area contributed by atoms with Gasteiger partial charge in [0.1, 0.15) is 13.2 Å². The fraction of sp³-hybridized carbons (Fsp3) is 0.983. The Balaban J connectivity index is 3.85. The van der Waals surface area contributed by atoms with E-state index in [0.717, 1.165) is 38.5 Å². The van der Waals surface area contributed by atoms with Crippen molar-refractivity contribution in [3.05, 3.63) is 0 Å². The largest absolute Gasteiger partial charge is 0.472 e. The van der Waals surface area contributed by atoms with Gasteiger partial charge in [0, 0.05) is 6.42 Å². The van der Waals surface area contributed by atoms with Gasteiger partial charge in [0.2, 0.25) is 5.91 Å². The molecule has 3 unspecified atom stereocenters. The first-order valence-corrected chi connectivity index (χ1v) is 31.4. The lowest BCUT2D eigenvalue weighted by Gasteiger charge is -2.26. The van der Waals surface area contributed by atoms with Gasteiger partial charge in [-0.25, -0.2) is 4.57 Å². The average molecular weight is 973 g/mol. The van der Waals surface area contributed by atoms with E-state index < -0.39 is 20.0 Å². The molecule has 3 N–H and O–H groups in total. The number of carbonyl (C=O) groups excluding carboxylic acids is 1. The van der Waals surface area contributed by atoms with E-state index in [2.05, 4.69) is 19.2 Å². The van der Waals surface area contributed by atoms with Crippen LogP contribution >= 0.6 is 7.82 Å². The quantitative estimate of drug-likeness (QED) is 0.0319. The minimum atomic E-state index is -4.31. The zero-order chi connectivity index (χ0) is 49.2. The Labute approximate surface area is 419 Å². The second-order valence-electron chi connectivity index (χ2n) is 22.1. The number of nitrogens with zero attached hydrogens (tertiary/aromatic N) is 1. The number of rotatable bonds is 56. The second kappa shape index (κ2) is 50.4. The molecule has 0 aromatic rings. The molecule has 0 aliphatic carbocycles. The molecule has 0 fully saturated rings. The first-order chi connectivity index (χ1) is 32.5. The number of amides is 1. The number of likely N-dealkylation sites (N-methyl/N-ethyl adjacent to an activating group) is 1. The molecule has 0 radical (unpaired) electrons. The van der Waals surface area contributed by atoms with Gasteiger partial charge in [-0.15, -0.1) is 0 Å². The molecule has 0 aromatic carbocycles. The van der Waals surface area contributed by atoms with Gasteiger partial charge >= 0.3 is 7.82 Å². The van der Waals surface area contributed by atoms with Crippen LogP contribution in [-0.4, -0.2) is 73.4 Å². The predicted octanol–water partition coefficient (Wildman–Crippen LogP) is 18.0. The van der Waals surface area contributed by atoms with Crippen molar-refractivity contribution in [3.63, 3.8) is 0 Å². The van der Waals surface area contributed by atoms with Crippen LogP contribution in [-0.2, 0) is 18.4 Å². The molecule has 0 saturated heterocycles. The van der Waals surface area contributed by atoms with E-state index in [-0.39, 0.29) is 19.1 Å². The highest BCUT2D eigenvalue weighted by Crippen LogP contribution is 2.43. The van der Waals surface area contributed by atoms with Crippen LogP contribution in [0.25, 0.3) is 0 Å². The van der Waals surface area contributed by atoms with Crippen molar-refractivity contribution in [3.8, 4) is 0 Å². The lowest BCUT2D eigenvalue weighted by Crippen LogP contribution is -2.46. The molecule has 0 aromatic heterocycles. The van der Waals surface area contributed by atoms with Gasteiger partial charge in [0.15, 0.2) is 0 Å². The minimum absolute atomic E-state index is 0.0787. The summed E-state index contributed by atoms with van der Waals surface area (Å²) in [5.74, 6) is -0.138. The fourth-order valence-electron chi connectivity index (χ4n) is 9.40. The van der Waals surface area contributed by atoms with Gasteiger partial charge in [-0.3, -0.25) is 13.8 Å². The Morgan fingerprint density at radius 2 is 0.716 bits per heavy atom. The van der Waals surface area contributed by atoms with Crippen molar-refractivity contribution in [2.45, 2.75) is 328 Å². The topological polar surface area (TPSA) is 105 Å². The highest BCUT2D eigenvalue weighted by Gasteiger charge is 2.28. The standard InChI is InChI=1S/C58H119N2O6P/c1-6-8-10-12-14-16-18-19-20-21-22-23-24-25-26-27-28-29-30-31-32-33-34-35-36-37-38-39-40-42-44-46-48-50-52-58(62)59-56(55-66-67(63,64)65-54-53-60(3,4)5)57(61)51-49-47-45-43-41-17-15-13-11-9-7-2/h56-57,61H,6-55H2,1-5H3,(H-,59,62,63,64)/p+1. The summed E-state index contributed by atoms with van der Waals surface area (Å²) >= 11 is 0. The molecule has 0 bridgehead atoms. The zero-order valence-corrected chi connectivity index (χ0v) is 46.8. The number of phosphoric acid groups is 1. The molecule has 67 heavy (non-hydrogen) atoms. The fourth-order valence-corrected chi connectivity index (χ4v) is 10.1. The Bertz CT molecular complexity index is 1060. The Kier molecular flexibility index (Phi) is 50.1. The van der Waals surface area contributed by atoms with Crippen LogP contribution in [0.5, 0.6) is 0 Å². The number of aliphatic hydroxyl groups excluding tert-OH is 1. The Morgan fingerprint density at radius 1 is 0.448 bits per heavy atom. The molecule has 1 amide bonds. The van der Waals surface area contributed by atoms with E-state index in [9.17, 15) is 19.4 Å². The van der Waals surface area contributed by atoms with E-state index in [1.165, 1.54) is 250 Å². The van der Waals surface area contributed by atoms with E-state index in [1.54, 1.807) is 0 Å². The SMILES string of the molecule is CCCCCCCCCCCCCCCCCCCCCCCCCCCCCCCCCCCCC(=O)NC(COP(=O)(O)OCC[N+](C)(C)C)C(O)CCCCCCCCCCCCC. The van der Waals surface area contributed by atoms with E-state index in [4.69, 9.17) is 9.05 Å². The number of hydrogen-bond donors (Lipinski definition) is 3. The van der Waals surface area contributed by atoms with Gasteiger partial charge in [-0.05, 0) is 12.8 Å². The minimum Gasteiger partial charge on any atom is -0.391 e. The number of nitrogens with one attached hydrogen (secondary N) is 1. The number of carbonyl (C=O) groups is 1. The molecule has 0 aliphatic heterocycles. The van der Waals surface area contributed by atoms with Crippen LogP contribution in [0.4, 0.5) is 0 Å². The monoisotopic (exact) mass is 972 g/mol. The zero-order valence-electron chi connectivity index (χ0n) is 45.9. The van der Waals surface area contributed by atoms with Crippen molar-refractivity contribution >= 4 is 13.7 Å². The summed E-state index contributed by atoms with van der Waals surface area (Å²) < 4.78 is 23.7. The molecular weight excluding hydrogens is 852 g/mol. The molecule has 9 heteroatoms. The number of unbranched alkanes of at least 4 members (excludes halogenated alkanes) is 43. The van der Waals surface area contributed by atoms with Crippen molar-refractivity contribution < 1.29 is 32.9 Å². The van der Waals surface area contributed by atoms with Crippen molar-refractivity contribution in [2.24, 2.45) is 0 Å². The maximum atomic E-state index is 13.0. The smallest absolute Gasteiger partial charge is 0.391 e. The van der Waals surface area contributed by atoms with Crippen LogP contribution in [0.1, 0.15) is 316 Å². The summed E-state index contributed by atoms with van der Waals surface area (Å²) in [6, 6.07) is -0.754. The third kappa shape index (κ3) is 53.1. The summed E-state index contributed by atoms with van der Waals surface area (Å²) in [7, 11) is 1.63. The van der Waals surface area contributed by atoms with Crippen LogP contribution in [0.2, 0.25) is 0 Å². The summed E-state index contributed by atoms with van der Waals surface area (Å²) in [5, 5.41) is 14.0. The number of hydrogen-bond acceptors (Lipinski definition) is 5. The predicted molar refractivity (Wildman–Crippen MR) is 291 cm³/mol. The maximum Gasteiger partial charge on any atom is 0.472 e. The van der Waals surface area contributed by atoms with Crippen molar-refractivity contribution in [1.29, 1.82) is 0 Å². The third-order valence-electron chi connectivity index (χ3n) is 14.1. The summed E-state index contributed by atoms with van der Waals surface area (Å²) in [5.41, 5.74) is 0. The maximum absolute atomic E-state index is 13.0. The van der Waals surface area contributed by atoms with Gasteiger partial charge in [0.25, 0.3) is 0 Å². The average Bonchev–Trinajstić information content (AvgIpc) is 3.29. The summed E-state index contributed by atoms with van der Waals surface area (Å²) in [6.45, 7) is 4.92. The van der Waals surface area contributed by atoms with Crippen LogP contribution in [0.3, 0.4) is 0 Å². The molecule has 0 heterocycles.